The summed E-state index contributed by atoms with van der Waals surface area (Å²) in [7, 11) is -2.01. The highest BCUT2D eigenvalue weighted by molar-refractivity contribution is 7.74. The normalized spacial score (nSPS) is 18.9. The van der Waals surface area contributed by atoms with Crippen LogP contribution >= 0.6 is 15.8 Å². The maximum atomic E-state index is 2.49. The molecule has 0 amide bonds. The van der Waals surface area contributed by atoms with Crippen LogP contribution in [0.5, 0.6) is 0 Å². The van der Waals surface area contributed by atoms with Gasteiger partial charge >= 0.3 is 0 Å². The van der Waals surface area contributed by atoms with E-state index < -0.39 is 15.8 Å². The molecule has 288 valence electrons. The standard InChI is InChI=1S/C57H50P2/c1-9-25-46(26-10-1)56(47-27-11-2-12-28-47,58(50-33-17-5-18-34-50)51-35-19-6-20-36-51)54-44-41-42-45(43-44)55(54)57(48-29-13-3-14-30-48,49-31-15-4-16-32-49)59(52-37-21-7-22-38-52)53-39-23-8-24-40-53/h1-40,44-45,54-55H,41-43H2. The summed E-state index contributed by atoms with van der Waals surface area (Å²) in [6.45, 7) is 0. The molecule has 10 rings (SSSR count). The SMILES string of the molecule is c1ccc(P(c2ccccc2)C(c2ccccc2)(c2ccccc2)C2C3CCC(C3)C2C(c2ccccc2)(c2ccccc2)P(c2ccccc2)c2ccccc2)cc1. The molecule has 8 aromatic carbocycles. The van der Waals surface area contributed by atoms with Crippen LogP contribution in [-0.4, -0.2) is 0 Å². The van der Waals surface area contributed by atoms with Crippen LogP contribution in [-0.2, 0) is 10.3 Å². The van der Waals surface area contributed by atoms with Gasteiger partial charge in [-0.25, -0.2) is 0 Å². The van der Waals surface area contributed by atoms with Crippen LogP contribution in [0.1, 0.15) is 41.5 Å². The van der Waals surface area contributed by atoms with Crippen molar-refractivity contribution in [1.82, 2.24) is 0 Å². The lowest BCUT2D eigenvalue weighted by Gasteiger charge is -2.58. The zero-order valence-corrected chi connectivity index (χ0v) is 35.2. The fourth-order valence-electron chi connectivity index (χ4n) is 11.6. The van der Waals surface area contributed by atoms with E-state index in [0.29, 0.717) is 23.7 Å². The van der Waals surface area contributed by atoms with Gasteiger partial charge in [0.1, 0.15) is 0 Å². The van der Waals surface area contributed by atoms with E-state index >= 15 is 0 Å². The van der Waals surface area contributed by atoms with Gasteiger partial charge in [-0.15, -0.1) is 0 Å². The van der Waals surface area contributed by atoms with E-state index in [1.807, 2.05) is 0 Å². The summed E-state index contributed by atoms with van der Waals surface area (Å²) in [5.74, 6) is 1.68. The van der Waals surface area contributed by atoms with Gasteiger partial charge in [0.15, 0.2) is 0 Å². The van der Waals surface area contributed by atoms with Crippen LogP contribution in [0.3, 0.4) is 0 Å². The lowest BCUT2D eigenvalue weighted by atomic mass is 9.60. The fourth-order valence-corrected chi connectivity index (χ4v) is 18.7. The van der Waals surface area contributed by atoms with E-state index in [4.69, 9.17) is 0 Å². The number of hydrogen-bond donors (Lipinski definition) is 0. The molecule has 0 saturated heterocycles. The third kappa shape index (κ3) is 6.54. The maximum absolute atomic E-state index is 2.49. The molecule has 2 fully saturated rings. The molecule has 2 saturated carbocycles. The lowest BCUT2D eigenvalue weighted by molar-refractivity contribution is 0.152. The molecule has 59 heavy (non-hydrogen) atoms. The Balaban J connectivity index is 1.39. The van der Waals surface area contributed by atoms with Crippen LogP contribution in [0.25, 0.3) is 0 Å². The van der Waals surface area contributed by atoms with Crippen molar-refractivity contribution in [1.29, 1.82) is 0 Å². The van der Waals surface area contributed by atoms with Gasteiger partial charge in [0.25, 0.3) is 0 Å². The van der Waals surface area contributed by atoms with Crippen LogP contribution in [0, 0.1) is 23.7 Å². The smallest absolute Gasteiger partial charge is 0.0517 e. The Labute approximate surface area is 353 Å². The Hall–Kier alpha value is -5.38. The van der Waals surface area contributed by atoms with Crippen molar-refractivity contribution >= 4 is 37.1 Å². The first kappa shape index (κ1) is 37.9. The minimum absolute atomic E-state index is 0.301. The first-order valence-electron chi connectivity index (χ1n) is 21.3. The maximum Gasteiger partial charge on any atom is 0.0517 e. The molecule has 2 aliphatic rings. The minimum atomic E-state index is -1.01. The summed E-state index contributed by atoms with van der Waals surface area (Å²) in [4.78, 5) is 0. The van der Waals surface area contributed by atoms with Crippen molar-refractivity contribution in [2.75, 3.05) is 0 Å². The van der Waals surface area contributed by atoms with Crippen molar-refractivity contribution in [3.63, 3.8) is 0 Å². The molecule has 0 nitrogen and oxygen atoms in total. The summed E-state index contributed by atoms with van der Waals surface area (Å²) in [6.07, 6.45) is 3.76. The molecule has 0 aliphatic heterocycles. The second-order valence-electron chi connectivity index (χ2n) is 16.4. The molecule has 4 unspecified atom stereocenters. The van der Waals surface area contributed by atoms with Crippen molar-refractivity contribution in [2.45, 2.75) is 29.6 Å². The van der Waals surface area contributed by atoms with Gasteiger partial charge in [-0.2, -0.15) is 0 Å². The van der Waals surface area contributed by atoms with E-state index in [9.17, 15) is 0 Å². The van der Waals surface area contributed by atoms with Gasteiger partial charge in [0.05, 0.1) is 10.3 Å². The monoisotopic (exact) mass is 796 g/mol. The molecule has 0 spiro atoms. The number of benzene rings is 8. The van der Waals surface area contributed by atoms with Gasteiger partial charge in [-0.3, -0.25) is 0 Å². The van der Waals surface area contributed by atoms with E-state index in [-0.39, 0.29) is 10.3 Å². The Morgan fingerprint density at radius 3 is 0.695 bits per heavy atom. The molecule has 0 aromatic heterocycles. The van der Waals surface area contributed by atoms with Crippen LogP contribution < -0.4 is 21.2 Å². The highest BCUT2D eigenvalue weighted by Crippen LogP contribution is 2.77. The van der Waals surface area contributed by atoms with Crippen molar-refractivity contribution in [2.24, 2.45) is 23.7 Å². The second-order valence-corrected chi connectivity index (χ2v) is 21.2. The molecule has 0 heterocycles. The first-order chi connectivity index (χ1) is 29.3. The summed E-state index contributed by atoms with van der Waals surface area (Å²) in [5, 5.41) is 4.99. The Kier molecular flexibility index (Phi) is 10.7. The highest BCUT2D eigenvalue weighted by Gasteiger charge is 2.67. The molecule has 4 atom stereocenters. The molecule has 2 bridgehead atoms. The van der Waals surface area contributed by atoms with Crippen molar-refractivity contribution in [3.05, 3.63) is 265 Å². The van der Waals surface area contributed by atoms with Gasteiger partial charge in [-0.05, 0) is 102 Å². The zero-order chi connectivity index (χ0) is 39.5. The molecular weight excluding hydrogens is 747 g/mol. The van der Waals surface area contributed by atoms with Crippen molar-refractivity contribution in [3.8, 4) is 0 Å². The van der Waals surface area contributed by atoms with E-state index in [2.05, 4.69) is 243 Å². The number of fused-ring (bicyclic) bond motifs is 2. The topological polar surface area (TPSA) is 0 Å². The number of rotatable bonds is 12. The molecular formula is C57H50P2. The molecule has 0 N–H and O–H groups in total. The predicted molar refractivity (Wildman–Crippen MR) is 253 cm³/mol. The summed E-state index contributed by atoms with van der Waals surface area (Å²) < 4.78 is 0. The van der Waals surface area contributed by atoms with Gasteiger partial charge < -0.3 is 0 Å². The fraction of sp³-hybridized carbons (Fsp3) is 0.158. The average Bonchev–Trinajstić information content (AvgIpc) is 3.95. The molecule has 2 heteroatoms. The van der Waals surface area contributed by atoms with E-state index in [1.54, 1.807) is 0 Å². The summed E-state index contributed by atoms with van der Waals surface area (Å²) >= 11 is 0. The second kappa shape index (κ2) is 16.7. The summed E-state index contributed by atoms with van der Waals surface area (Å²) in [5.41, 5.74) is 5.75. The Morgan fingerprint density at radius 2 is 0.475 bits per heavy atom. The minimum Gasteiger partial charge on any atom is -0.0622 e. The third-order valence-electron chi connectivity index (χ3n) is 13.5. The summed E-state index contributed by atoms with van der Waals surface area (Å²) in [6, 6.07) is 93.6. The van der Waals surface area contributed by atoms with Gasteiger partial charge in [-0.1, -0.05) is 243 Å². The highest BCUT2D eigenvalue weighted by atomic mass is 31.1. The molecule has 8 aromatic rings. The van der Waals surface area contributed by atoms with Gasteiger partial charge in [0, 0.05) is 0 Å². The van der Waals surface area contributed by atoms with Crippen LogP contribution in [0.4, 0.5) is 0 Å². The lowest BCUT2D eigenvalue weighted by Crippen LogP contribution is -2.53. The zero-order valence-electron chi connectivity index (χ0n) is 33.4. The van der Waals surface area contributed by atoms with E-state index in [1.165, 1.54) is 62.7 Å². The average molecular weight is 797 g/mol. The van der Waals surface area contributed by atoms with Crippen molar-refractivity contribution < 1.29 is 0 Å². The quantitative estimate of drug-likeness (QED) is 0.108. The molecule has 2 aliphatic carbocycles. The predicted octanol–water partition coefficient (Wildman–Crippen LogP) is 12.8. The van der Waals surface area contributed by atoms with Crippen LogP contribution in [0.15, 0.2) is 243 Å². The first-order valence-corrected chi connectivity index (χ1v) is 24.0. The van der Waals surface area contributed by atoms with E-state index in [0.717, 1.165) is 0 Å². The molecule has 0 radical (unpaired) electrons. The Bertz CT molecular complexity index is 2190. The Morgan fingerprint density at radius 1 is 0.271 bits per heavy atom. The van der Waals surface area contributed by atoms with Crippen LogP contribution in [0.2, 0.25) is 0 Å². The van der Waals surface area contributed by atoms with Gasteiger partial charge in [0.2, 0.25) is 0 Å². The largest absolute Gasteiger partial charge is 0.0622 e. The third-order valence-corrected chi connectivity index (χ3v) is 19.8. The number of hydrogen-bond acceptors (Lipinski definition) is 0.